The number of carbonyl (C=O) groups is 1. The molecule has 6 nitrogen and oxygen atoms in total. The molecule has 1 heterocycles. The van der Waals surface area contributed by atoms with Crippen LogP contribution in [0.5, 0.6) is 0 Å². The molecule has 0 aromatic heterocycles. The fourth-order valence-electron chi connectivity index (χ4n) is 2.51. The van der Waals surface area contributed by atoms with Crippen molar-refractivity contribution < 1.29 is 9.53 Å². The highest BCUT2D eigenvalue weighted by Gasteiger charge is 2.27. The predicted molar refractivity (Wildman–Crippen MR) is 105 cm³/mol. The molecule has 1 amide bonds. The molecule has 1 aliphatic heterocycles. The first-order valence-electron chi connectivity index (χ1n) is 8.42. The molecule has 0 spiro atoms. The largest absolute Gasteiger partial charge is 0.382 e. The summed E-state index contributed by atoms with van der Waals surface area (Å²) in [6.45, 7) is 10.00. The van der Waals surface area contributed by atoms with Crippen LogP contribution < -0.4 is 10.6 Å². The summed E-state index contributed by atoms with van der Waals surface area (Å²) in [6, 6.07) is 0.289. The Morgan fingerprint density at radius 3 is 2.74 bits per heavy atom. The van der Waals surface area contributed by atoms with Crippen molar-refractivity contribution in [1.82, 2.24) is 15.5 Å². The Kier molecular flexibility index (Phi) is 12.5. The average Bonchev–Trinajstić information content (AvgIpc) is 2.97. The van der Waals surface area contributed by atoms with Gasteiger partial charge in [-0.2, -0.15) is 0 Å². The van der Waals surface area contributed by atoms with Gasteiger partial charge in [0.15, 0.2) is 5.96 Å². The third kappa shape index (κ3) is 8.74. The molecule has 0 bridgehead atoms. The third-order valence-corrected chi connectivity index (χ3v) is 3.77. The molecule has 2 N–H and O–H groups in total. The van der Waals surface area contributed by atoms with Crippen LogP contribution in [0.2, 0.25) is 0 Å². The monoisotopic (exact) mass is 440 g/mol. The van der Waals surface area contributed by atoms with Crippen molar-refractivity contribution in [3.63, 3.8) is 0 Å². The van der Waals surface area contributed by atoms with Gasteiger partial charge in [-0.25, -0.2) is 0 Å². The van der Waals surface area contributed by atoms with Gasteiger partial charge >= 0.3 is 0 Å². The highest BCUT2D eigenvalue weighted by molar-refractivity contribution is 14.0. The van der Waals surface area contributed by atoms with Gasteiger partial charge in [-0.15, -0.1) is 24.0 Å². The van der Waals surface area contributed by atoms with Crippen LogP contribution in [-0.2, 0) is 9.53 Å². The maximum absolute atomic E-state index is 12.0. The number of halogens is 1. The summed E-state index contributed by atoms with van der Waals surface area (Å²) in [5.41, 5.74) is 0. The number of nitrogens with zero attached hydrogens (tertiary/aromatic N) is 2. The van der Waals surface area contributed by atoms with E-state index in [2.05, 4.69) is 15.6 Å². The second-order valence-electron chi connectivity index (χ2n) is 5.97. The first-order valence-corrected chi connectivity index (χ1v) is 8.42. The summed E-state index contributed by atoms with van der Waals surface area (Å²) in [7, 11) is 1.78. The molecule has 7 heteroatoms. The second-order valence-corrected chi connectivity index (χ2v) is 5.97. The van der Waals surface area contributed by atoms with E-state index in [1.807, 2.05) is 25.7 Å². The number of amides is 1. The van der Waals surface area contributed by atoms with Gasteiger partial charge in [0.2, 0.25) is 5.91 Å². The summed E-state index contributed by atoms with van der Waals surface area (Å²) in [4.78, 5) is 18.2. The Hall–Kier alpha value is -0.570. The van der Waals surface area contributed by atoms with E-state index in [9.17, 15) is 4.79 Å². The minimum Gasteiger partial charge on any atom is -0.382 e. The number of carbonyl (C=O) groups excluding carboxylic acids is 1. The van der Waals surface area contributed by atoms with Gasteiger partial charge in [-0.05, 0) is 26.2 Å². The van der Waals surface area contributed by atoms with Crippen molar-refractivity contribution in [3.05, 3.63) is 0 Å². The lowest BCUT2D eigenvalue weighted by atomic mass is 10.2. The van der Waals surface area contributed by atoms with Crippen molar-refractivity contribution in [1.29, 1.82) is 0 Å². The van der Waals surface area contributed by atoms with E-state index in [0.717, 1.165) is 58.1 Å². The van der Waals surface area contributed by atoms with Crippen LogP contribution in [0.3, 0.4) is 0 Å². The van der Waals surface area contributed by atoms with Gasteiger partial charge in [0.25, 0.3) is 0 Å². The summed E-state index contributed by atoms with van der Waals surface area (Å²) in [5, 5.41) is 6.73. The first kappa shape index (κ1) is 22.4. The molecule has 1 aliphatic rings. The van der Waals surface area contributed by atoms with E-state index in [1.54, 1.807) is 7.05 Å². The quantitative estimate of drug-likeness (QED) is 0.262. The van der Waals surface area contributed by atoms with E-state index >= 15 is 0 Å². The smallest absolute Gasteiger partial charge is 0.225 e. The standard InChI is InChI=1S/C16H32N4O2.HI/c1-5-22-11-7-6-9-18-16(17-4)19-14-8-10-20(12-14)15(21)13(2)3;/h13-14H,5-12H2,1-4H3,(H2,17,18,19);1H. The molecule has 0 aromatic carbocycles. The number of unbranched alkanes of at least 4 members (excludes halogenated alkanes) is 1. The summed E-state index contributed by atoms with van der Waals surface area (Å²) >= 11 is 0. The maximum atomic E-state index is 12.0. The van der Waals surface area contributed by atoms with Crippen LogP contribution in [0, 0.1) is 5.92 Å². The van der Waals surface area contributed by atoms with E-state index in [1.165, 1.54) is 0 Å². The number of guanidine groups is 1. The molecule has 0 aromatic rings. The molecule has 0 radical (unpaired) electrons. The van der Waals surface area contributed by atoms with Gasteiger partial charge < -0.3 is 20.3 Å². The maximum Gasteiger partial charge on any atom is 0.225 e. The van der Waals surface area contributed by atoms with E-state index in [-0.39, 0.29) is 41.8 Å². The summed E-state index contributed by atoms with van der Waals surface area (Å²) in [5.74, 6) is 1.13. The van der Waals surface area contributed by atoms with Gasteiger partial charge in [-0.1, -0.05) is 13.8 Å². The molecule has 1 saturated heterocycles. The van der Waals surface area contributed by atoms with E-state index in [0.29, 0.717) is 0 Å². The zero-order valence-corrected chi connectivity index (χ0v) is 17.3. The van der Waals surface area contributed by atoms with E-state index < -0.39 is 0 Å². The molecule has 0 aliphatic carbocycles. The molecule has 1 unspecified atom stereocenters. The highest BCUT2D eigenvalue weighted by Crippen LogP contribution is 2.12. The Labute approximate surface area is 157 Å². The molecular weight excluding hydrogens is 407 g/mol. The first-order chi connectivity index (χ1) is 10.6. The zero-order valence-electron chi connectivity index (χ0n) is 14.9. The summed E-state index contributed by atoms with van der Waals surface area (Å²) < 4.78 is 5.32. The average molecular weight is 440 g/mol. The third-order valence-electron chi connectivity index (χ3n) is 3.77. The lowest BCUT2D eigenvalue weighted by molar-refractivity contribution is -0.133. The second kappa shape index (κ2) is 12.8. The van der Waals surface area contributed by atoms with Gasteiger partial charge in [0, 0.05) is 51.9 Å². The van der Waals surface area contributed by atoms with Gasteiger partial charge in [0.05, 0.1) is 0 Å². The zero-order chi connectivity index (χ0) is 16.4. The molecule has 1 rings (SSSR count). The van der Waals surface area contributed by atoms with E-state index in [4.69, 9.17) is 4.74 Å². The number of ether oxygens (including phenoxy) is 1. The number of likely N-dealkylation sites (tertiary alicyclic amines) is 1. The molecule has 0 saturated carbocycles. The van der Waals surface area contributed by atoms with Crippen LogP contribution in [0.1, 0.15) is 40.0 Å². The molecule has 23 heavy (non-hydrogen) atoms. The number of nitrogens with one attached hydrogen (secondary N) is 2. The SMILES string of the molecule is CCOCCCCNC(=NC)NC1CCN(C(=O)C(C)C)C1.I. The van der Waals surface area contributed by atoms with Crippen LogP contribution in [0.4, 0.5) is 0 Å². The van der Waals surface area contributed by atoms with Crippen molar-refractivity contribution in [2.24, 2.45) is 10.9 Å². The lowest BCUT2D eigenvalue weighted by Crippen LogP contribution is -2.45. The topological polar surface area (TPSA) is 66.0 Å². The number of hydrogen-bond donors (Lipinski definition) is 2. The number of rotatable bonds is 8. The van der Waals surface area contributed by atoms with Crippen molar-refractivity contribution in [3.8, 4) is 0 Å². The Morgan fingerprint density at radius 1 is 1.39 bits per heavy atom. The Morgan fingerprint density at radius 2 is 2.13 bits per heavy atom. The fourth-order valence-corrected chi connectivity index (χ4v) is 2.51. The van der Waals surface area contributed by atoms with Gasteiger partial charge in [-0.3, -0.25) is 9.79 Å². The van der Waals surface area contributed by atoms with Crippen LogP contribution in [0.25, 0.3) is 0 Å². The predicted octanol–water partition coefficient (Wildman–Crippen LogP) is 1.84. The Balaban J connectivity index is 0.00000484. The van der Waals surface area contributed by atoms with Crippen molar-refractivity contribution in [2.75, 3.05) is 39.9 Å². The molecule has 1 atom stereocenters. The molecular formula is C16H33IN4O2. The molecule has 136 valence electrons. The summed E-state index contributed by atoms with van der Waals surface area (Å²) in [6.07, 6.45) is 3.09. The number of aliphatic imine (C=N–C) groups is 1. The number of hydrogen-bond acceptors (Lipinski definition) is 3. The minimum atomic E-state index is 0. The fraction of sp³-hybridized carbons (Fsp3) is 0.875. The van der Waals surface area contributed by atoms with Crippen LogP contribution >= 0.6 is 24.0 Å². The normalized spacial score (nSPS) is 18.0. The lowest BCUT2D eigenvalue weighted by Gasteiger charge is -2.20. The highest BCUT2D eigenvalue weighted by atomic mass is 127. The van der Waals surface area contributed by atoms with Crippen molar-refractivity contribution >= 4 is 35.8 Å². The van der Waals surface area contributed by atoms with Crippen LogP contribution in [-0.4, -0.2) is 62.7 Å². The van der Waals surface area contributed by atoms with Crippen molar-refractivity contribution in [2.45, 2.75) is 46.1 Å². The minimum absolute atomic E-state index is 0. The Bertz CT molecular complexity index is 364. The molecule has 1 fully saturated rings. The van der Waals surface area contributed by atoms with Crippen LogP contribution in [0.15, 0.2) is 4.99 Å². The van der Waals surface area contributed by atoms with Gasteiger partial charge in [0.1, 0.15) is 0 Å².